The van der Waals surface area contributed by atoms with Crippen LogP contribution in [0.3, 0.4) is 0 Å². The number of aliphatic hydroxyl groups is 1. The van der Waals surface area contributed by atoms with E-state index in [1.165, 1.54) is 20.6 Å². The molecule has 2 aromatic rings. The van der Waals surface area contributed by atoms with Crippen LogP contribution in [0, 0.1) is 0 Å². The van der Waals surface area contributed by atoms with Crippen molar-refractivity contribution >= 4 is 11.6 Å². The summed E-state index contributed by atoms with van der Waals surface area (Å²) in [5, 5.41) is 20.4. The standard InChI is InChI=1S/C12H15N7O3/c1-17-10(21)3-2-8-11(17)12(22)18(7-13-8)6-9-14-16-19(15-9)4-5-20/h7,20H,2-6H2,1H3. The lowest BCUT2D eigenvalue weighted by Crippen LogP contribution is -2.39. The second kappa shape index (κ2) is 5.64. The Balaban J connectivity index is 1.92. The van der Waals surface area contributed by atoms with Crippen LogP contribution in [0.2, 0.25) is 0 Å². The van der Waals surface area contributed by atoms with E-state index in [0.29, 0.717) is 30.0 Å². The van der Waals surface area contributed by atoms with Gasteiger partial charge in [0.05, 0.1) is 31.7 Å². The van der Waals surface area contributed by atoms with Crippen LogP contribution in [0.15, 0.2) is 11.1 Å². The first-order chi connectivity index (χ1) is 10.6. The van der Waals surface area contributed by atoms with Crippen LogP contribution in [0.4, 0.5) is 5.69 Å². The molecule has 0 spiro atoms. The summed E-state index contributed by atoms with van der Waals surface area (Å²) in [5.41, 5.74) is 0.626. The molecule has 0 fully saturated rings. The maximum absolute atomic E-state index is 12.5. The minimum absolute atomic E-state index is 0.0942. The summed E-state index contributed by atoms with van der Waals surface area (Å²) in [5.74, 6) is 0.234. The molecule has 2 aromatic heterocycles. The van der Waals surface area contributed by atoms with E-state index in [1.807, 2.05) is 0 Å². The zero-order chi connectivity index (χ0) is 15.7. The van der Waals surface area contributed by atoms with Gasteiger partial charge in [0, 0.05) is 19.9 Å². The Hall–Kier alpha value is -2.62. The van der Waals surface area contributed by atoms with Gasteiger partial charge in [0.1, 0.15) is 5.69 Å². The van der Waals surface area contributed by atoms with Crippen LogP contribution >= 0.6 is 0 Å². The van der Waals surface area contributed by atoms with Gasteiger partial charge in [-0.1, -0.05) is 0 Å². The Labute approximate surface area is 125 Å². The van der Waals surface area contributed by atoms with Gasteiger partial charge in [-0.05, 0) is 5.21 Å². The predicted molar refractivity (Wildman–Crippen MR) is 74.2 cm³/mol. The Bertz CT molecular complexity index is 766. The Morgan fingerprint density at radius 1 is 1.32 bits per heavy atom. The fourth-order valence-corrected chi connectivity index (χ4v) is 2.34. The third-order valence-electron chi connectivity index (χ3n) is 3.48. The van der Waals surface area contributed by atoms with Crippen molar-refractivity contribution < 1.29 is 9.90 Å². The third-order valence-corrected chi connectivity index (χ3v) is 3.48. The fourth-order valence-electron chi connectivity index (χ4n) is 2.34. The number of hydrogen-bond donors (Lipinski definition) is 1. The largest absolute Gasteiger partial charge is 0.394 e. The quantitative estimate of drug-likeness (QED) is 0.706. The number of carbonyl (C=O) groups is 1. The van der Waals surface area contributed by atoms with E-state index < -0.39 is 0 Å². The summed E-state index contributed by atoms with van der Waals surface area (Å²) < 4.78 is 1.34. The molecule has 0 aromatic carbocycles. The van der Waals surface area contributed by atoms with Gasteiger partial charge in [-0.25, -0.2) is 4.98 Å². The number of aryl methyl sites for hydroxylation is 1. The molecular weight excluding hydrogens is 290 g/mol. The molecule has 0 aliphatic carbocycles. The SMILES string of the molecule is CN1C(=O)CCc2ncn(Cc3nnn(CCO)n3)c(=O)c21. The van der Waals surface area contributed by atoms with Crippen molar-refractivity contribution in [3.8, 4) is 0 Å². The highest BCUT2D eigenvalue weighted by atomic mass is 16.3. The smallest absolute Gasteiger partial charge is 0.278 e. The normalized spacial score (nSPS) is 14.3. The Morgan fingerprint density at radius 2 is 2.14 bits per heavy atom. The van der Waals surface area contributed by atoms with Gasteiger partial charge in [-0.15, -0.1) is 10.2 Å². The van der Waals surface area contributed by atoms with Crippen molar-refractivity contribution in [1.29, 1.82) is 0 Å². The summed E-state index contributed by atoms with van der Waals surface area (Å²) in [7, 11) is 1.57. The fraction of sp³-hybridized carbons (Fsp3) is 0.500. The van der Waals surface area contributed by atoms with Crippen LogP contribution in [-0.4, -0.2) is 54.4 Å². The highest BCUT2D eigenvalue weighted by Crippen LogP contribution is 2.20. The van der Waals surface area contributed by atoms with E-state index in [1.54, 1.807) is 7.05 Å². The van der Waals surface area contributed by atoms with Gasteiger partial charge >= 0.3 is 0 Å². The molecule has 1 aliphatic rings. The lowest BCUT2D eigenvalue weighted by Gasteiger charge is -2.24. The summed E-state index contributed by atoms with van der Waals surface area (Å²) >= 11 is 0. The number of aromatic nitrogens is 6. The number of amides is 1. The molecule has 0 atom stereocenters. The molecular formula is C12H15N7O3. The number of rotatable bonds is 4. The molecule has 1 N–H and O–H groups in total. The molecule has 10 heteroatoms. The lowest BCUT2D eigenvalue weighted by atomic mass is 10.1. The van der Waals surface area contributed by atoms with E-state index in [0.717, 1.165) is 0 Å². The van der Waals surface area contributed by atoms with E-state index in [2.05, 4.69) is 20.4 Å². The van der Waals surface area contributed by atoms with Gasteiger partial charge in [0.2, 0.25) is 5.91 Å². The van der Waals surface area contributed by atoms with Crippen molar-refractivity contribution in [2.45, 2.75) is 25.9 Å². The number of nitrogens with zero attached hydrogens (tertiary/aromatic N) is 7. The zero-order valence-electron chi connectivity index (χ0n) is 12.0. The first kappa shape index (κ1) is 14.3. The third kappa shape index (κ3) is 2.48. The Morgan fingerprint density at radius 3 is 2.91 bits per heavy atom. The molecule has 0 radical (unpaired) electrons. The number of fused-ring (bicyclic) bond motifs is 1. The van der Waals surface area contributed by atoms with Crippen molar-refractivity contribution in [2.75, 3.05) is 18.6 Å². The van der Waals surface area contributed by atoms with Crippen LogP contribution < -0.4 is 10.5 Å². The monoisotopic (exact) mass is 305 g/mol. The van der Waals surface area contributed by atoms with E-state index in [9.17, 15) is 9.59 Å². The second-order valence-corrected chi connectivity index (χ2v) is 4.95. The molecule has 1 amide bonds. The molecule has 10 nitrogen and oxygen atoms in total. The number of hydrogen-bond acceptors (Lipinski definition) is 7. The van der Waals surface area contributed by atoms with Gasteiger partial charge in [0.15, 0.2) is 5.82 Å². The van der Waals surface area contributed by atoms with E-state index in [-0.39, 0.29) is 31.2 Å². The lowest BCUT2D eigenvalue weighted by molar-refractivity contribution is -0.118. The van der Waals surface area contributed by atoms with E-state index >= 15 is 0 Å². The topological polar surface area (TPSA) is 119 Å². The maximum atomic E-state index is 12.5. The predicted octanol–water partition coefficient (Wildman–Crippen LogP) is -1.82. The molecule has 0 saturated carbocycles. The minimum atomic E-state index is -0.306. The molecule has 116 valence electrons. The van der Waals surface area contributed by atoms with Crippen molar-refractivity contribution in [2.24, 2.45) is 0 Å². The molecule has 0 saturated heterocycles. The molecule has 0 bridgehead atoms. The molecule has 1 aliphatic heterocycles. The van der Waals surface area contributed by atoms with Gasteiger partial charge < -0.3 is 10.0 Å². The molecule has 3 heterocycles. The highest BCUT2D eigenvalue weighted by Gasteiger charge is 2.26. The van der Waals surface area contributed by atoms with Crippen LogP contribution in [0.25, 0.3) is 0 Å². The van der Waals surface area contributed by atoms with Crippen LogP contribution in [0.5, 0.6) is 0 Å². The van der Waals surface area contributed by atoms with Gasteiger partial charge in [-0.2, -0.15) is 4.80 Å². The van der Waals surface area contributed by atoms with Crippen molar-refractivity contribution in [3.63, 3.8) is 0 Å². The number of aliphatic hydroxyl groups excluding tert-OH is 1. The molecule has 22 heavy (non-hydrogen) atoms. The first-order valence-corrected chi connectivity index (χ1v) is 6.82. The number of anilines is 1. The molecule has 0 unspecified atom stereocenters. The van der Waals surface area contributed by atoms with Crippen molar-refractivity contribution in [1.82, 2.24) is 29.8 Å². The number of carbonyl (C=O) groups excluding carboxylic acids is 1. The highest BCUT2D eigenvalue weighted by molar-refractivity contribution is 5.95. The van der Waals surface area contributed by atoms with Gasteiger partial charge in [-0.3, -0.25) is 14.2 Å². The zero-order valence-corrected chi connectivity index (χ0v) is 12.0. The van der Waals surface area contributed by atoms with Crippen LogP contribution in [-0.2, 0) is 24.3 Å². The first-order valence-electron chi connectivity index (χ1n) is 6.82. The summed E-state index contributed by atoms with van der Waals surface area (Å²) in [6, 6.07) is 0. The number of tetrazole rings is 1. The summed E-state index contributed by atoms with van der Waals surface area (Å²) in [4.78, 5) is 31.1. The minimum Gasteiger partial charge on any atom is -0.394 e. The maximum Gasteiger partial charge on any atom is 0.278 e. The Kier molecular flexibility index (Phi) is 3.67. The summed E-state index contributed by atoms with van der Waals surface area (Å²) in [6.07, 6.45) is 2.26. The average molecular weight is 305 g/mol. The summed E-state index contributed by atoms with van der Waals surface area (Å²) in [6.45, 7) is 0.247. The van der Waals surface area contributed by atoms with Crippen LogP contribution in [0.1, 0.15) is 17.9 Å². The molecule has 3 rings (SSSR count). The average Bonchev–Trinajstić information content (AvgIpc) is 2.93. The van der Waals surface area contributed by atoms with Crippen molar-refractivity contribution in [3.05, 3.63) is 28.2 Å². The van der Waals surface area contributed by atoms with Gasteiger partial charge in [0.25, 0.3) is 5.56 Å². The van der Waals surface area contributed by atoms with E-state index in [4.69, 9.17) is 5.11 Å². The second-order valence-electron chi connectivity index (χ2n) is 4.95.